The van der Waals surface area contributed by atoms with Crippen LogP contribution in [0.2, 0.25) is 0 Å². The molecule has 3 nitrogen and oxygen atoms in total. The molecular formula is C14H29N3. The van der Waals surface area contributed by atoms with Crippen LogP contribution in [0.3, 0.4) is 0 Å². The first-order chi connectivity index (χ1) is 8.19. The molecule has 2 fully saturated rings. The van der Waals surface area contributed by atoms with Crippen LogP contribution in [0.25, 0.3) is 0 Å². The van der Waals surface area contributed by atoms with E-state index in [-0.39, 0.29) is 0 Å². The third-order valence-corrected chi connectivity index (χ3v) is 4.48. The predicted octanol–water partition coefficient (Wildman–Crippen LogP) is 1.35. The topological polar surface area (TPSA) is 9.72 Å². The van der Waals surface area contributed by atoms with Crippen LogP contribution < -0.4 is 0 Å². The molecule has 2 heterocycles. The molecule has 0 bridgehead atoms. The van der Waals surface area contributed by atoms with E-state index in [0.717, 1.165) is 12.0 Å². The van der Waals surface area contributed by atoms with Crippen molar-refractivity contribution < 1.29 is 0 Å². The zero-order chi connectivity index (χ0) is 12.3. The largest absolute Gasteiger partial charge is 0.301 e. The maximum absolute atomic E-state index is 2.68. The van der Waals surface area contributed by atoms with Crippen molar-refractivity contribution >= 4 is 0 Å². The number of likely N-dealkylation sites (N-methyl/N-ethyl adjacent to an activating group) is 1. The fourth-order valence-corrected chi connectivity index (χ4v) is 3.13. The minimum absolute atomic E-state index is 0.733. The van der Waals surface area contributed by atoms with Crippen molar-refractivity contribution in [3.63, 3.8) is 0 Å². The van der Waals surface area contributed by atoms with Gasteiger partial charge in [0.2, 0.25) is 0 Å². The molecule has 0 radical (unpaired) electrons. The zero-order valence-corrected chi connectivity index (χ0v) is 11.9. The van der Waals surface area contributed by atoms with Gasteiger partial charge >= 0.3 is 0 Å². The summed E-state index contributed by atoms with van der Waals surface area (Å²) in [5.74, 6) is 0.922. The van der Waals surface area contributed by atoms with Gasteiger partial charge in [-0.3, -0.25) is 0 Å². The normalized spacial score (nSPS) is 29.3. The molecule has 0 aliphatic carbocycles. The van der Waals surface area contributed by atoms with Gasteiger partial charge in [-0.25, -0.2) is 0 Å². The highest BCUT2D eigenvalue weighted by atomic mass is 15.3. The summed E-state index contributed by atoms with van der Waals surface area (Å²) in [6, 6.07) is 0.733. The first-order valence-corrected chi connectivity index (χ1v) is 7.37. The van der Waals surface area contributed by atoms with Crippen LogP contribution in [0.5, 0.6) is 0 Å². The van der Waals surface area contributed by atoms with Gasteiger partial charge in [0.15, 0.2) is 0 Å². The van der Waals surface area contributed by atoms with Gasteiger partial charge in [-0.15, -0.1) is 0 Å². The molecule has 1 unspecified atom stereocenters. The lowest BCUT2D eigenvalue weighted by Crippen LogP contribution is -2.47. The standard InChI is InChI=1S/C14H29N3/c1-4-15-7-9-16(10-8-15)11-14-5-6-17(12-14)13(2)3/h13-14H,4-12H2,1-3H3. The minimum atomic E-state index is 0.733. The summed E-state index contributed by atoms with van der Waals surface area (Å²) < 4.78 is 0. The maximum Gasteiger partial charge on any atom is 0.0110 e. The second-order valence-electron chi connectivity index (χ2n) is 5.98. The van der Waals surface area contributed by atoms with Gasteiger partial charge in [-0.2, -0.15) is 0 Å². The van der Waals surface area contributed by atoms with Crippen LogP contribution in [0.4, 0.5) is 0 Å². The number of rotatable bonds is 4. The molecule has 0 amide bonds. The molecule has 0 N–H and O–H groups in total. The van der Waals surface area contributed by atoms with Crippen LogP contribution in [0.1, 0.15) is 27.2 Å². The number of hydrogen-bond acceptors (Lipinski definition) is 3. The summed E-state index contributed by atoms with van der Waals surface area (Å²) in [4.78, 5) is 7.87. The number of nitrogens with zero attached hydrogens (tertiary/aromatic N) is 3. The van der Waals surface area contributed by atoms with Crippen molar-refractivity contribution in [2.75, 3.05) is 52.4 Å². The molecule has 0 aromatic carbocycles. The Bertz CT molecular complexity index is 222. The fraction of sp³-hybridized carbons (Fsp3) is 1.00. The molecule has 100 valence electrons. The van der Waals surface area contributed by atoms with Crippen molar-refractivity contribution in [1.82, 2.24) is 14.7 Å². The lowest BCUT2D eigenvalue weighted by molar-refractivity contribution is 0.121. The summed E-state index contributed by atoms with van der Waals surface area (Å²) in [6.45, 7) is 17.2. The second-order valence-corrected chi connectivity index (χ2v) is 5.98. The van der Waals surface area contributed by atoms with Gasteiger partial charge in [-0.1, -0.05) is 6.92 Å². The van der Waals surface area contributed by atoms with E-state index in [4.69, 9.17) is 0 Å². The number of hydrogen-bond donors (Lipinski definition) is 0. The highest BCUT2D eigenvalue weighted by Crippen LogP contribution is 2.20. The van der Waals surface area contributed by atoms with Crippen molar-refractivity contribution in [2.45, 2.75) is 33.2 Å². The van der Waals surface area contributed by atoms with Crippen LogP contribution in [-0.2, 0) is 0 Å². The van der Waals surface area contributed by atoms with Crippen molar-refractivity contribution in [3.05, 3.63) is 0 Å². The van der Waals surface area contributed by atoms with E-state index in [2.05, 4.69) is 35.5 Å². The highest BCUT2D eigenvalue weighted by molar-refractivity contribution is 4.81. The SMILES string of the molecule is CCN1CCN(CC2CCN(C(C)C)C2)CC1. The van der Waals surface area contributed by atoms with Gasteiger partial charge in [0, 0.05) is 45.3 Å². The Morgan fingerprint density at radius 1 is 1.00 bits per heavy atom. The number of likely N-dealkylation sites (tertiary alicyclic amines) is 1. The lowest BCUT2D eigenvalue weighted by atomic mass is 10.1. The molecule has 2 saturated heterocycles. The molecule has 0 aromatic heterocycles. The van der Waals surface area contributed by atoms with Gasteiger partial charge in [0.05, 0.1) is 0 Å². The molecule has 2 aliphatic heterocycles. The second kappa shape index (κ2) is 6.17. The zero-order valence-electron chi connectivity index (χ0n) is 11.9. The summed E-state index contributed by atoms with van der Waals surface area (Å²) in [5, 5.41) is 0. The summed E-state index contributed by atoms with van der Waals surface area (Å²) >= 11 is 0. The predicted molar refractivity (Wildman–Crippen MR) is 73.4 cm³/mol. The average molecular weight is 239 g/mol. The Kier molecular flexibility index (Phi) is 4.83. The minimum Gasteiger partial charge on any atom is -0.301 e. The Hall–Kier alpha value is -0.120. The van der Waals surface area contributed by atoms with Crippen LogP contribution >= 0.6 is 0 Å². The highest BCUT2D eigenvalue weighted by Gasteiger charge is 2.26. The third kappa shape index (κ3) is 3.67. The van der Waals surface area contributed by atoms with E-state index in [1.807, 2.05) is 0 Å². The Labute approximate surface area is 107 Å². The maximum atomic E-state index is 2.68. The van der Waals surface area contributed by atoms with Gasteiger partial charge in [0.25, 0.3) is 0 Å². The third-order valence-electron chi connectivity index (χ3n) is 4.48. The van der Waals surface area contributed by atoms with Crippen LogP contribution in [0, 0.1) is 5.92 Å². The molecule has 1 atom stereocenters. The van der Waals surface area contributed by atoms with Crippen LogP contribution in [-0.4, -0.2) is 73.1 Å². The summed E-state index contributed by atoms with van der Waals surface area (Å²) in [7, 11) is 0. The summed E-state index contributed by atoms with van der Waals surface area (Å²) in [6.07, 6.45) is 1.41. The van der Waals surface area contributed by atoms with E-state index in [0.29, 0.717) is 0 Å². The molecule has 17 heavy (non-hydrogen) atoms. The average Bonchev–Trinajstić information content (AvgIpc) is 2.79. The molecule has 2 rings (SSSR count). The van der Waals surface area contributed by atoms with E-state index in [1.165, 1.54) is 58.8 Å². The van der Waals surface area contributed by atoms with Gasteiger partial charge in [-0.05, 0) is 39.3 Å². The van der Waals surface area contributed by atoms with E-state index < -0.39 is 0 Å². The molecule has 3 heteroatoms. The first kappa shape index (κ1) is 13.3. The van der Waals surface area contributed by atoms with Crippen LogP contribution in [0.15, 0.2) is 0 Å². The fourth-order valence-electron chi connectivity index (χ4n) is 3.13. The van der Waals surface area contributed by atoms with Crippen molar-refractivity contribution in [3.8, 4) is 0 Å². The quantitative estimate of drug-likeness (QED) is 0.733. The first-order valence-electron chi connectivity index (χ1n) is 7.37. The van der Waals surface area contributed by atoms with E-state index >= 15 is 0 Å². The Balaban J connectivity index is 1.69. The van der Waals surface area contributed by atoms with E-state index in [9.17, 15) is 0 Å². The Morgan fingerprint density at radius 3 is 2.18 bits per heavy atom. The monoisotopic (exact) mass is 239 g/mol. The Morgan fingerprint density at radius 2 is 1.65 bits per heavy atom. The number of piperazine rings is 1. The molecular weight excluding hydrogens is 210 g/mol. The van der Waals surface area contributed by atoms with Crippen molar-refractivity contribution in [1.29, 1.82) is 0 Å². The molecule has 0 aromatic rings. The summed E-state index contributed by atoms with van der Waals surface area (Å²) in [5.41, 5.74) is 0. The van der Waals surface area contributed by atoms with Crippen molar-refractivity contribution in [2.24, 2.45) is 5.92 Å². The van der Waals surface area contributed by atoms with Gasteiger partial charge in [0.1, 0.15) is 0 Å². The van der Waals surface area contributed by atoms with Gasteiger partial charge < -0.3 is 14.7 Å². The molecule has 0 saturated carbocycles. The molecule has 2 aliphatic rings. The van der Waals surface area contributed by atoms with E-state index in [1.54, 1.807) is 0 Å². The molecule has 0 spiro atoms. The smallest absolute Gasteiger partial charge is 0.0110 e. The lowest BCUT2D eigenvalue weighted by Gasteiger charge is -2.35.